The van der Waals surface area contributed by atoms with E-state index in [1.807, 2.05) is 6.92 Å². The van der Waals surface area contributed by atoms with Crippen LogP contribution in [0.5, 0.6) is 0 Å². The second-order valence-corrected chi connectivity index (χ2v) is 7.68. The third-order valence-electron chi connectivity index (χ3n) is 4.85. The number of hydrogen-bond donors (Lipinski definition) is 0. The lowest BCUT2D eigenvalue weighted by Crippen LogP contribution is -2.19. The molecule has 0 aromatic carbocycles. The molecule has 3 rings (SSSR count). The van der Waals surface area contributed by atoms with E-state index in [1.165, 1.54) is 25.7 Å². The molecule has 6 heteroatoms. The minimum absolute atomic E-state index is 0.0284. The lowest BCUT2D eigenvalue weighted by Gasteiger charge is -2.29. The number of cyclic esters (lactones) is 1. The van der Waals surface area contributed by atoms with Gasteiger partial charge >= 0.3 is 5.97 Å². The van der Waals surface area contributed by atoms with Crippen LogP contribution in [0.2, 0.25) is 0 Å². The molecule has 0 bridgehead atoms. The second-order valence-electron chi connectivity index (χ2n) is 6.62. The molecule has 122 valence electrons. The Hall–Kier alpha value is -1.04. The Labute approximate surface area is 136 Å². The zero-order valence-corrected chi connectivity index (χ0v) is 14.3. The van der Waals surface area contributed by atoms with Gasteiger partial charge in [0.1, 0.15) is 5.82 Å². The van der Waals surface area contributed by atoms with Gasteiger partial charge in [-0.05, 0) is 38.5 Å². The first-order valence-electron chi connectivity index (χ1n) is 8.36. The van der Waals surface area contributed by atoms with Crippen molar-refractivity contribution in [1.82, 2.24) is 14.8 Å². The molecule has 0 radical (unpaired) electrons. The number of aromatic nitrogens is 3. The summed E-state index contributed by atoms with van der Waals surface area (Å²) in [6.07, 6.45) is 6.82. The monoisotopic (exact) mass is 323 g/mol. The third-order valence-corrected chi connectivity index (χ3v) is 5.83. The fourth-order valence-electron chi connectivity index (χ4n) is 3.60. The largest absolute Gasteiger partial charge is 0.465 e. The number of rotatable bonds is 5. The second kappa shape index (κ2) is 7.02. The molecule has 1 saturated carbocycles. The first-order valence-corrected chi connectivity index (χ1v) is 9.34. The van der Waals surface area contributed by atoms with E-state index in [4.69, 9.17) is 4.74 Å². The van der Waals surface area contributed by atoms with Crippen molar-refractivity contribution >= 4 is 17.7 Å². The number of ether oxygens (including phenoxy) is 1. The average molecular weight is 323 g/mol. The summed E-state index contributed by atoms with van der Waals surface area (Å²) in [4.78, 5) is 11.5. The smallest absolute Gasteiger partial charge is 0.309 e. The van der Waals surface area contributed by atoms with Crippen LogP contribution in [0, 0.1) is 18.8 Å². The van der Waals surface area contributed by atoms with Gasteiger partial charge < -0.3 is 9.30 Å². The van der Waals surface area contributed by atoms with E-state index in [-0.39, 0.29) is 11.9 Å². The van der Waals surface area contributed by atoms with E-state index >= 15 is 0 Å². The molecule has 22 heavy (non-hydrogen) atoms. The summed E-state index contributed by atoms with van der Waals surface area (Å²) >= 11 is 1.73. The standard InChI is InChI=1S/C16H25N3O2S/c1-11-4-3-5-14(10-11)19-12(2)17-18-16(19)22-9-7-13-6-8-21-15(13)20/h11,13-14H,3-10H2,1-2H3/t11-,13-,14+/m1/s1. The molecule has 0 unspecified atom stereocenters. The van der Waals surface area contributed by atoms with E-state index < -0.39 is 0 Å². The van der Waals surface area contributed by atoms with Crippen LogP contribution in [-0.2, 0) is 9.53 Å². The highest BCUT2D eigenvalue weighted by molar-refractivity contribution is 7.99. The number of aryl methyl sites for hydroxylation is 1. The van der Waals surface area contributed by atoms with Crippen LogP contribution >= 0.6 is 11.8 Å². The maximum Gasteiger partial charge on any atom is 0.309 e. The fourth-order valence-corrected chi connectivity index (χ4v) is 4.70. The Balaban J connectivity index is 1.60. The average Bonchev–Trinajstić information content (AvgIpc) is 3.06. The van der Waals surface area contributed by atoms with Gasteiger partial charge in [0.25, 0.3) is 0 Å². The van der Waals surface area contributed by atoms with Gasteiger partial charge in [-0.3, -0.25) is 4.79 Å². The molecular formula is C16H25N3O2S. The van der Waals surface area contributed by atoms with E-state index in [9.17, 15) is 4.79 Å². The number of carbonyl (C=O) groups excluding carboxylic acids is 1. The van der Waals surface area contributed by atoms with E-state index in [2.05, 4.69) is 21.7 Å². The lowest BCUT2D eigenvalue weighted by molar-refractivity contribution is -0.141. The van der Waals surface area contributed by atoms with Crippen molar-refractivity contribution in [3.05, 3.63) is 5.82 Å². The number of hydrogen-bond acceptors (Lipinski definition) is 5. The molecule has 0 spiro atoms. The number of thioether (sulfide) groups is 1. The number of nitrogens with zero attached hydrogens (tertiary/aromatic N) is 3. The predicted octanol–water partition coefficient (Wildman–Crippen LogP) is 3.38. The molecule has 2 heterocycles. The molecule has 1 aromatic rings. The van der Waals surface area contributed by atoms with Crippen LogP contribution in [-0.4, -0.2) is 33.1 Å². The van der Waals surface area contributed by atoms with E-state index in [1.54, 1.807) is 11.8 Å². The molecule has 3 atom stereocenters. The summed E-state index contributed by atoms with van der Waals surface area (Å²) in [6.45, 7) is 4.97. The highest BCUT2D eigenvalue weighted by atomic mass is 32.2. The molecule has 1 aliphatic carbocycles. The van der Waals surface area contributed by atoms with Crippen LogP contribution < -0.4 is 0 Å². The van der Waals surface area contributed by atoms with Gasteiger partial charge in [-0.1, -0.05) is 31.5 Å². The van der Waals surface area contributed by atoms with Gasteiger partial charge in [-0.2, -0.15) is 0 Å². The van der Waals surface area contributed by atoms with Crippen molar-refractivity contribution in [3.63, 3.8) is 0 Å². The van der Waals surface area contributed by atoms with Crippen molar-refractivity contribution in [2.45, 2.75) is 63.6 Å². The van der Waals surface area contributed by atoms with E-state index in [0.29, 0.717) is 12.6 Å². The summed E-state index contributed by atoms with van der Waals surface area (Å²) in [5, 5.41) is 9.66. The molecule has 2 aliphatic rings. The summed E-state index contributed by atoms with van der Waals surface area (Å²) < 4.78 is 7.35. The Morgan fingerprint density at radius 1 is 1.32 bits per heavy atom. The minimum Gasteiger partial charge on any atom is -0.465 e. The van der Waals surface area contributed by atoms with Crippen molar-refractivity contribution in [2.75, 3.05) is 12.4 Å². The minimum atomic E-state index is -0.0284. The van der Waals surface area contributed by atoms with Gasteiger partial charge in [0.05, 0.1) is 12.5 Å². The summed E-state index contributed by atoms with van der Waals surface area (Å²) in [7, 11) is 0. The van der Waals surface area contributed by atoms with Gasteiger partial charge in [-0.15, -0.1) is 10.2 Å². The zero-order valence-electron chi connectivity index (χ0n) is 13.5. The Morgan fingerprint density at radius 3 is 2.91 bits per heavy atom. The van der Waals surface area contributed by atoms with E-state index in [0.717, 1.165) is 35.5 Å². The molecule has 1 aromatic heterocycles. The molecule has 2 fully saturated rings. The van der Waals surface area contributed by atoms with Crippen molar-refractivity contribution < 1.29 is 9.53 Å². The summed E-state index contributed by atoms with van der Waals surface area (Å²) in [6, 6.07) is 0.540. The first-order chi connectivity index (χ1) is 10.6. The molecule has 5 nitrogen and oxygen atoms in total. The zero-order chi connectivity index (χ0) is 15.5. The molecular weight excluding hydrogens is 298 g/mol. The number of carbonyl (C=O) groups is 1. The third kappa shape index (κ3) is 3.47. The molecule has 1 saturated heterocycles. The number of esters is 1. The highest BCUT2D eigenvalue weighted by Gasteiger charge is 2.27. The molecule has 1 aliphatic heterocycles. The van der Waals surface area contributed by atoms with Gasteiger partial charge in [0, 0.05) is 11.8 Å². The van der Waals surface area contributed by atoms with Crippen LogP contribution in [0.4, 0.5) is 0 Å². The molecule has 0 amide bonds. The van der Waals surface area contributed by atoms with Gasteiger partial charge in [0.2, 0.25) is 0 Å². The van der Waals surface area contributed by atoms with Crippen molar-refractivity contribution in [2.24, 2.45) is 11.8 Å². The normalized spacial score (nSPS) is 28.8. The van der Waals surface area contributed by atoms with Crippen LogP contribution in [0.25, 0.3) is 0 Å². The quantitative estimate of drug-likeness (QED) is 0.614. The Kier molecular flexibility index (Phi) is 5.06. The maximum absolute atomic E-state index is 11.5. The van der Waals surface area contributed by atoms with Gasteiger partial charge in [-0.25, -0.2) is 0 Å². The highest BCUT2D eigenvalue weighted by Crippen LogP contribution is 2.35. The topological polar surface area (TPSA) is 57.0 Å². The van der Waals surface area contributed by atoms with Crippen LogP contribution in [0.1, 0.15) is 57.3 Å². The van der Waals surface area contributed by atoms with Gasteiger partial charge in [0.15, 0.2) is 5.16 Å². The fraction of sp³-hybridized carbons (Fsp3) is 0.812. The Morgan fingerprint density at radius 2 is 2.18 bits per heavy atom. The predicted molar refractivity (Wildman–Crippen MR) is 85.8 cm³/mol. The van der Waals surface area contributed by atoms with Crippen molar-refractivity contribution in [3.8, 4) is 0 Å². The van der Waals surface area contributed by atoms with Crippen LogP contribution in [0.15, 0.2) is 5.16 Å². The lowest BCUT2D eigenvalue weighted by atomic mass is 9.87. The first kappa shape index (κ1) is 15.8. The maximum atomic E-state index is 11.5. The van der Waals surface area contributed by atoms with Crippen molar-refractivity contribution in [1.29, 1.82) is 0 Å². The van der Waals surface area contributed by atoms with Crippen LogP contribution in [0.3, 0.4) is 0 Å². The molecule has 0 N–H and O–H groups in total. The summed E-state index contributed by atoms with van der Waals surface area (Å²) in [5.74, 6) is 2.76. The Bertz CT molecular complexity index is 531. The summed E-state index contributed by atoms with van der Waals surface area (Å²) in [5.41, 5.74) is 0. The SMILES string of the molecule is Cc1nnc(SCC[C@H]2CCOC2=O)n1[C@H]1CCC[C@@H](C)C1.